The van der Waals surface area contributed by atoms with Crippen molar-refractivity contribution in [2.75, 3.05) is 165 Å². The number of nitrogens with two attached hydrogens (primary N) is 2. The molecule has 0 aromatic rings. The van der Waals surface area contributed by atoms with E-state index in [0.29, 0.717) is 92.2 Å². The van der Waals surface area contributed by atoms with Crippen molar-refractivity contribution >= 4 is 35.4 Å². The predicted molar refractivity (Wildman–Crippen MR) is 233 cm³/mol. The zero-order chi connectivity index (χ0) is 45.9. The van der Waals surface area contributed by atoms with Gasteiger partial charge in [0.05, 0.1) is 79.3 Å². The Bertz CT molecular complexity index is 1180. The Morgan fingerprint density at radius 2 is 0.839 bits per heavy atom. The Hall–Kier alpha value is -3.58. The monoisotopic (exact) mass is 893 g/mol. The summed E-state index contributed by atoms with van der Waals surface area (Å²) in [5.74, 6) is -2.01. The molecular weight excluding hydrogens is 812 g/mol. The van der Waals surface area contributed by atoms with Crippen LogP contribution < -0.4 is 43.4 Å². The van der Waals surface area contributed by atoms with E-state index in [1.807, 2.05) is 7.05 Å². The number of hydrogen-bond donors (Lipinski definition) is 8. The Kier molecular flexibility index (Phi) is 40.2. The summed E-state index contributed by atoms with van der Waals surface area (Å²) in [6, 6.07) is -1.04. The molecule has 1 atom stereocenters. The van der Waals surface area contributed by atoms with Gasteiger partial charge < -0.3 is 81.6 Å². The zero-order valence-electron chi connectivity index (χ0n) is 37.7. The highest BCUT2D eigenvalue weighted by atomic mass is 16.5. The van der Waals surface area contributed by atoms with E-state index in [9.17, 15) is 28.8 Å². The van der Waals surface area contributed by atoms with Crippen LogP contribution in [0.2, 0.25) is 0 Å². The van der Waals surface area contributed by atoms with Crippen molar-refractivity contribution in [3.63, 3.8) is 0 Å². The molecule has 0 radical (unpaired) electrons. The highest BCUT2D eigenvalue weighted by molar-refractivity contribution is 5.88. The van der Waals surface area contributed by atoms with Crippen LogP contribution in [0.1, 0.15) is 51.9 Å². The quantitative estimate of drug-likeness (QED) is 0.0278. The third kappa shape index (κ3) is 39.3. The van der Waals surface area contributed by atoms with Crippen LogP contribution in [0, 0.1) is 0 Å². The van der Waals surface area contributed by atoms with Gasteiger partial charge in [-0.1, -0.05) is 6.92 Å². The summed E-state index contributed by atoms with van der Waals surface area (Å²) >= 11 is 0. The van der Waals surface area contributed by atoms with E-state index >= 15 is 0 Å². The fourth-order valence-electron chi connectivity index (χ4n) is 5.07. The van der Waals surface area contributed by atoms with Crippen LogP contribution in [0.25, 0.3) is 0 Å². The maximum atomic E-state index is 13.1. The van der Waals surface area contributed by atoms with E-state index in [1.54, 1.807) is 0 Å². The van der Waals surface area contributed by atoms with E-state index in [1.165, 1.54) is 0 Å². The second kappa shape index (κ2) is 42.7. The minimum atomic E-state index is -1.04. The van der Waals surface area contributed by atoms with Gasteiger partial charge in [-0.2, -0.15) is 0 Å². The first-order chi connectivity index (χ1) is 30.0. The number of carbonyl (C=O) groups excluding carboxylic acids is 6. The first kappa shape index (κ1) is 58.4. The number of hydrogen-bond acceptors (Lipinski definition) is 16. The van der Waals surface area contributed by atoms with Crippen LogP contribution in [-0.4, -0.2) is 217 Å². The highest BCUT2D eigenvalue weighted by Crippen LogP contribution is 2.02. The molecule has 0 saturated carbocycles. The van der Waals surface area contributed by atoms with Crippen molar-refractivity contribution in [2.24, 2.45) is 11.5 Å². The summed E-state index contributed by atoms with van der Waals surface area (Å²) in [5.41, 5.74) is 10.7. The average molecular weight is 893 g/mol. The first-order valence-electron chi connectivity index (χ1n) is 21.9. The summed E-state index contributed by atoms with van der Waals surface area (Å²) in [5, 5.41) is 16.4. The minimum Gasteiger partial charge on any atom is -0.379 e. The van der Waals surface area contributed by atoms with Crippen molar-refractivity contribution in [3.8, 4) is 0 Å². The second-order valence-corrected chi connectivity index (χ2v) is 14.2. The van der Waals surface area contributed by atoms with E-state index in [4.69, 9.17) is 39.9 Å². The number of rotatable bonds is 44. The molecule has 0 unspecified atom stereocenters. The Labute approximate surface area is 368 Å². The molecule has 0 aromatic heterocycles. The van der Waals surface area contributed by atoms with Gasteiger partial charge in [-0.3, -0.25) is 28.8 Å². The van der Waals surface area contributed by atoms with E-state index in [2.05, 4.69) is 55.7 Å². The normalized spacial score (nSPS) is 11.7. The molecule has 22 heteroatoms. The number of nitrogens with one attached hydrogen (secondary N) is 6. The van der Waals surface area contributed by atoms with Crippen molar-refractivity contribution in [1.29, 1.82) is 0 Å². The minimum absolute atomic E-state index is 0.00365. The van der Waals surface area contributed by atoms with Crippen molar-refractivity contribution in [2.45, 2.75) is 57.9 Å². The van der Waals surface area contributed by atoms with Crippen molar-refractivity contribution < 1.29 is 57.2 Å². The number of ether oxygens (including phenoxy) is 6. The summed E-state index contributed by atoms with van der Waals surface area (Å²) in [6.07, 6.45) is 0.590. The number of amides is 6. The Balaban J connectivity index is 4.65. The van der Waals surface area contributed by atoms with Crippen LogP contribution in [0.15, 0.2) is 0 Å². The summed E-state index contributed by atoms with van der Waals surface area (Å²) < 4.78 is 31.9. The van der Waals surface area contributed by atoms with Gasteiger partial charge in [0, 0.05) is 97.6 Å². The number of nitrogens with zero attached hydrogens (tertiary/aromatic N) is 2. The van der Waals surface area contributed by atoms with E-state index in [-0.39, 0.29) is 108 Å². The largest absolute Gasteiger partial charge is 0.379 e. The van der Waals surface area contributed by atoms with Crippen LogP contribution in [0.5, 0.6) is 0 Å². The topological polar surface area (TPSA) is 288 Å². The van der Waals surface area contributed by atoms with Crippen molar-refractivity contribution in [3.05, 3.63) is 0 Å². The van der Waals surface area contributed by atoms with Gasteiger partial charge in [-0.25, -0.2) is 0 Å². The van der Waals surface area contributed by atoms with Gasteiger partial charge in [0.15, 0.2) is 0 Å². The third-order valence-corrected chi connectivity index (χ3v) is 8.81. The fourth-order valence-corrected chi connectivity index (χ4v) is 5.07. The lowest BCUT2D eigenvalue weighted by Gasteiger charge is -2.21. The molecule has 0 fully saturated rings. The van der Waals surface area contributed by atoms with Crippen LogP contribution in [0.3, 0.4) is 0 Å². The third-order valence-electron chi connectivity index (χ3n) is 8.81. The highest BCUT2D eigenvalue weighted by Gasteiger charge is 2.22. The molecule has 362 valence electrons. The average Bonchev–Trinajstić information content (AvgIpc) is 3.25. The molecule has 0 spiro atoms. The van der Waals surface area contributed by atoms with Gasteiger partial charge in [0.1, 0.15) is 6.04 Å². The molecule has 22 nitrogen and oxygen atoms in total. The van der Waals surface area contributed by atoms with Gasteiger partial charge in [-0.05, 0) is 33.5 Å². The lowest BCUT2D eigenvalue weighted by atomic mass is 10.1. The lowest BCUT2D eigenvalue weighted by molar-refractivity contribution is -0.130. The van der Waals surface area contributed by atoms with Gasteiger partial charge in [0.2, 0.25) is 35.4 Å². The molecule has 0 heterocycles. The Morgan fingerprint density at radius 1 is 0.452 bits per heavy atom. The molecule has 0 aliphatic carbocycles. The number of likely N-dealkylation sites (N-methyl/N-ethyl adjacent to an activating group) is 2. The first-order valence-corrected chi connectivity index (χ1v) is 21.9. The maximum Gasteiger partial charge on any atom is 0.242 e. The standard InChI is InChI=1S/C40H80N10O12/c1-4-49(2)20-21-50(3)19-18-46-35(51)6-5-7-39(55)48-34(40(56)47-17-16-45-38(54)11-23-58-27-31-62-33-29-60-25-13-42)8-9-36(52)43-14-15-44-37(53)10-22-57-26-30-61-32-28-59-24-12-41/h34H,4-33,41-42H2,1-3H3,(H,43,52)(H,44,53)(H,45,54)(H,46,51)(H,47,56)(H,48,55)/t34-/m0/s1. The molecule has 0 saturated heterocycles. The molecular formula is C40H80N10O12. The molecule has 6 amide bonds. The summed E-state index contributed by atoms with van der Waals surface area (Å²) in [4.78, 5) is 79.7. The molecule has 0 aromatic carbocycles. The zero-order valence-corrected chi connectivity index (χ0v) is 37.7. The summed E-state index contributed by atoms with van der Waals surface area (Å²) in [6.45, 7) is 12.1. The van der Waals surface area contributed by atoms with E-state index in [0.717, 1.165) is 19.6 Å². The van der Waals surface area contributed by atoms with Crippen LogP contribution >= 0.6 is 0 Å². The molecule has 62 heavy (non-hydrogen) atoms. The second-order valence-electron chi connectivity index (χ2n) is 14.2. The predicted octanol–water partition coefficient (Wildman–Crippen LogP) is -3.32. The summed E-state index contributed by atoms with van der Waals surface area (Å²) in [7, 11) is 4.05. The molecule has 0 bridgehead atoms. The van der Waals surface area contributed by atoms with Crippen LogP contribution in [0.4, 0.5) is 0 Å². The molecule has 0 aliphatic rings. The Morgan fingerprint density at radius 3 is 1.32 bits per heavy atom. The fraction of sp³-hybridized carbons (Fsp3) is 0.850. The lowest BCUT2D eigenvalue weighted by Crippen LogP contribution is -2.48. The number of carbonyl (C=O) groups is 6. The van der Waals surface area contributed by atoms with Gasteiger partial charge in [-0.15, -0.1) is 0 Å². The van der Waals surface area contributed by atoms with Crippen molar-refractivity contribution in [1.82, 2.24) is 41.7 Å². The smallest absolute Gasteiger partial charge is 0.242 e. The SMILES string of the molecule is CCN(C)CCN(C)CCNC(=O)CCCC(=O)N[C@@H](CCC(=O)NCCNC(=O)CCOCCOCCOCCN)C(=O)NCCNC(=O)CCOCCOCCOCCN. The van der Waals surface area contributed by atoms with Gasteiger partial charge in [0.25, 0.3) is 0 Å². The van der Waals surface area contributed by atoms with Gasteiger partial charge >= 0.3 is 0 Å². The maximum absolute atomic E-state index is 13.1. The molecule has 0 rings (SSSR count). The van der Waals surface area contributed by atoms with Crippen LogP contribution in [-0.2, 0) is 57.2 Å². The molecule has 0 aliphatic heterocycles. The van der Waals surface area contributed by atoms with E-state index < -0.39 is 17.9 Å². The molecule has 10 N–H and O–H groups in total.